The summed E-state index contributed by atoms with van der Waals surface area (Å²) in [6.07, 6.45) is 6.06. The average Bonchev–Trinajstić information content (AvgIpc) is 2.62. The monoisotopic (exact) mass is 183 g/mol. The van der Waals surface area contributed by atoms with E-state index >= 15 is 0 Å². The smallest absolute Gasteiger partial charge is 0.0639 e. The number of aliphatic hydroxyl groups is 1. The van der Waals surface area contributed by atoms with Gasteiger partial charge in [-0.3, -0.25) is 0 Å². The quantitative estimate of drug-likeness (QED) is 0.697. The zero-order chi connectivity index (χ0) is 9.47. The van der Waals surface area contributed by atoms with E-state index in [1.54, 1.807) is 0 Å². The van der Waals surface area contributed by atoms with Crippen LogP contribution in [0.5, 0.6) is 0 Å². The first kappa shape index (κ1) is 9.47. The van der Waals surface area contributed by atoms with E-state index in [-0.39, 0.29) is 11.5 Å². The summed E-state index contributed by atoms with van der Waals surface area (Å²) < 4.78 is 0. The van der Waals surface area contributed by atoms with Gasteiger partial charge < -0.3 is 10.8 Å². The fraction of sp³-hybridized carbons (Fsp3) is 1.00. The highest BCUT2D eigenvalue weighted by atomic mass is 16.3. The van der Waals surface area contributed by atoms with Crippen molar-refractivity contribution >= 4 is 0 Å². The predicted octanol–water partition coefficient (Wildman–Crippen LogP) is 1.52. The van der Waals surface area contributed by atoms with Crippen LogP contribution in [0.15, 0.2) is 0 Å². The molecule has 0 unspecified atom stereocenters. The molecule has 2 fully saturated rings. The van der Waals surface area contributed by atoms with Gasteiger partial charge in [0, 0.05) is 12.0 Å². The summed E-state index contributed by atoms with van der Waals surface area (Å²) in [7, 11) is 0. The molecule has 2 aliphatic rings. The van der Waals surface area contributed by atoms with E-state index in [2.05, 4.69) is 6.92 Å². The Bertz CT molecular complexity index is 185. The summed E-state index contributed by atoms with van der Waals surface area (Å²) >= 11 is 0. The minimum Gasteiger partial charge on any atom is -0.392 e. The van der Waals surface area contributed by atoms with E-state index < -0.39 is 0 Å². The third-order valence-electron chi connectivity index (χ3n) is 4.32. The first-order valence-electron chi connectivity index (χ1n) is 5.59. The lowest BCUT2D eigenvalue weighted by atomic mass is 9.85. The predicted molar refractivity (Wildman–Crippen MR) is 53.2 cm³/mol. The van der Waals surface area contributed by atoms with E-state index in [1.807, 2.05) is 0 Å². The molecule has 2 aliphatic carbocycles. The molecule has 13 heavy (non-hydrogen) atoms. The van der Waals surface area contributed by atoms with Gasteiger partial charge in [0.2, 0.25) is 0 Å². The summed E-state index contributed by atoms with van der Waals surface area (Å²) in [6.45, 7) is 2.89. The van der Waals surface area contributed by atoms with Gasteiger partial charge in [-0.05, 0) is 31.1 Å². The number of rotatable bonds is 3. The highest BCUT2D eigenvalue weighted by molar-refractivity contribution is 5.07. The normalized spacial score (nSPS) is 42.2. The van der Waals surface area contributed by atoms with Crippen LogP contribution in [0, 0.1) is 17.3 Å². The van der Waals surface area contributed by atoms with Gasteiger partial charge in [0.1, 0.15) is 0 Å². The van der Waals surface area contributed by atoms with Crippen LogP contribution in [0.3, 0.4) is 0 Å². The maximum absolute atomic E-state index is 10.2. The van der Waals surface area contributed by atoms with Crippen LogP contribution in [-0.2, 0) is 0 Å². The molecule has 2 saturated carbocycles. The second-order valence-electron chi connectivity index (χ2n) is 5.03. The molecule has 0 heterocycles. The zero-order valence-corrected chi connectivity index (χ0v) is 8.50. The van der Waals surface area contributed by atoms with Gasteiger partial charge in [-0.15, -0.1) is 0 Å². The first-order valence-corrected chi connectivity index (χ1v) is 5.59. The van der Waals surface area contributed by atoms with Gasteiger partial charge in [0.05, 0.1) is 6.10 Å². The molecule has 0 aromatic heterocycles. The van der Waals surface area contributed by atoms with Crippen LogP contribution in [0.1, 0.15) is 39.0 Å². The minimum atomic E-state index is -0.116. The molecule has 0 aromatic rings. The van der Waals surface area contributed by atoms with Crippen molar-refractivity contribution in [3.8, 4) is 0 Å². The molecule has 0 spiro atoms. The van der Waals surface area contributed by atoms with Gasteiger partial charge in [0.25, 0.3) is 0 Å². The number of hydrogen-bond acceptors (Lipinski definition) is 2. The molecular weight excluding hydrogens is 162 g/mol. The third kappa shape index (κ3) is 1.40. The minimum absolute atomic E-state index is 0.106. The molecule has 2 heteroatoms. The van der Waals surface area contributed by atoms with Crippen molar-refractivity contribution in [1.29, 1.82) is 0 Å². The Morgan fingerprint density at radius 3 is 2.38 bits per heavy atom. The Labute approximate surface area is 80.5 Å². The van der Waals surface area contributed by atoms with Gasteiger partial charge >= 0.3 is 0 Å². The first-order chi connectivity index (χ1) is 6.20. The van der Waals surface area contributed by atoms with Gasteiger partial charge in [-0.1, -0.05) is 19.8 Å². The molecule has 3 N–H and O–H groups in total. The Morgan fingerprint density at radius 1 is 1.46 bits per heavy atom. The molecule has 0 amide bonds. The molecule has 2 nitrogen and oxygen atoms in total. The lowest BCUT2D eigenvalue weighted by Crippen LogP contribution is -2.36. The van der Waals surface area contributed by atoms with Crippen molar-refractivity contribution in [2.75, 3.05) is 6.54 Å². The van der Waals surface area contributed by atoms with E-state index in [0.717, 1.165) is 6.42 Å². The highest BCUT2D eigenvalue weighted by Crippen LogP contribution is 2.57. The Morgan fingerprint density at radius 2 is 2.00 bits per heavy atom. The summed E-state index contributed by atoms with van der Waals surface area (Å²) in [5, 5.41) is 10.2. The van der Waals surface area contributed by atoms with Crippen LogP contribution in [0.4, 0.5) is 0 Å². The number of nitrogens with two attached hydrogens (primary N) is 1. The molecule has 0 bridgehead atoms. The Balaban J connectivity index is 1.99. The Hall–Kier alpha value is -0.0800. The largest absolute Gasteiger partial charge is 0.392 e. The average molecular weight is 183 g/mol. The topological polar surface area (TPSA) is 46.2 Å². The fourth-order valence-corrected chi connectivity index (χ4v) is 3.07. The van der Waals surface area contributed by atoms with Crippen molar-refractivity contribution in [3.05, 3.63) is 0 Å². The van der Waals surface area contributed by atoms with Crippen LogP contribution in [-0.4, -0.2) is 17.8 Å². The van der Waals surface area contributed by atoms with E-state index in [9.17, 15) is 5.11 Å². The van der Waals surface area contributed by atoms with Crippen LogP contribution < -0.4 is 5.73 Å². The van der Waals surface area contributed by atoms with Crippen molar-refractivity contribution in [1.82, 2.24) is 0 Å². The lowest BCUT2D eigenvalue weighted by Gasteiger charge is -2.27. The summed E-state index contributed by atoms with van der Waals surface area (Å²) in [4.78, 5) is 0. The maximum atomic E-state index is 10.2. The third-order valence-corrected chi connectivity index (χ3v) is 4.32. The zero-order valence-electron chi connectivity index (χ0n) is 8.50. The molecule has 0 aromatic carbocycles. The van der Waals surface area contributed by atoms with Gasteiger partial charge in [0.15, 0.2) is 0 Å². The van der Waals surface area contributed by atoms with Crippen molar-refractivity contribution in [2.45, 2.75) is 45.1 Å². The van der Waals surface area contributed by atoms with Crippen molar-refractivity contribution < 1.29 is 5.11 Å². The Kier molecular flexibility index (Phi) is 2.37. The summed E-state index contributed by atoms with van der Waals surface area (Å²) in [5.41, 5.74) is 5.87. The fourth-order valence-electron chi connectivity index (χ4n) is 3.07. The van der Waals surface area contributed by atoms with Crippen LogP contribution >= 0.6 is 0 Å². The second-order valence-corrected chi connectivity index (χ2v) is 5.03. The van der Waals surface area contributed by atoms with E-state index in [4.69, 9.17) is 5.73 Å². The lowest BCUT2D eigenvalue weighted by molar-refractivity contribution is 0.0361. The van der Waals surface area contributed by atoms with Gasteiger partial charge in [-0.25, -0.2) is 0 Å². The molecule has 3 atom stereocenters. The maximum Gasteiger partial charge on any atom is 0.0639 e. The molecular formula is C11H21NO. The van der Waals surface area contributed by atoms with E-state index in [1.165, 1.54) is 25.7 Å². The molecule has 0 aliphatic heterocycles. The molecule has 2 rings (SSSR count). The number of aliphatic hydroxyl groups excluding tert-OH is 1. The van der Waals surface area contributed by atoms with Crippen LogP contribution in [0.25, 0.3) is 0 Å². The molecule has 0 saturated heterocycles. The second kappa shape index (κ2) is 3.25. The van der Waals surface area contributed by atoms with Gasteiger partial charge in [-0.2, -0.15) is 0 Å². The number of hydrogen-bond donors (Lipinski definition) is 2. The summed E-state index contributed by atoms with van der Waals surface area (Å²) in [6, 6.07) is 0. The van der Waals surface area contributed by atoms with E-state index in [0.29, 0.717) is 18.4 Å². The summed E-state index contributed by atoms with van der Waals surface area (Å²) in [5.74, 6) is 1.20. The highest BCUT2D eigenvalue weighted by Gasteiger charge is 2.56. The standard InChI is InChI=1S/C11H21NO/c1-8-6-11(8,7-12)10(13)9-4-2-3-5-9/h8-10,13H,2-7,12H2,1H3/t8-,10-,11-/m0/s1. The van der Waals surface area contributed by atoms with Crippen molar-refractivity contribution in [3.63, 3.8) is 0 Å². The molecule has 76 valence electrons. The molecule has 0 radical (unpaired) electrons. The van der Waals surface area contributed by atoms with Crippen LogP contribution in [0.2, 0.25) is 0 Å². The SMILES string of the molecule is C[C@H]1C[C@@]1(CN)[C@@H](O)C1CCCC1. The van der Waals surface area contributed by atoms with Crippen molar-refractivity contribution in [2.24, 2.45) is 23.0 Å².